The fourth-order valence-corrected chi connectivity index (χ4v) is 2.91. The van der Waals surface area contributed by atoms with Crippen molar-refractivity contribution in [3.8, 4) is 11.8 Å². The van der Waals surface area contributed by atoms with E-state index in [-0.39, 0.29) is 5.82 Å². The number of benzene rings is 2. The van der Waals surface area contributed by atoms with Crippen LogP contribution in [0.5, 0.6) is 5.75 Å². The second kappa shape index (κ2) is 6.18. The molecule has 2 aromatic carbocycles. The van der Waals surface area contributed by atoms with E-state index in [0.717, 1.165) is 5.56 Å². The molecular formula is C14H8Br2FNO. The predicted octanol–water partition coefficient (Wildman–Crippen LogP) is 4.80. The number of halogens is 3. The summed E-state index contributed by atoms with van der Waals surface area (Å²) in [6.45, 7) is 0.323. The van der Waals surface area contributed by atoms with E-state index in [9.17, 15) is 4.39 Å². The van der Waals surface area contributed by atoms with Crippen molar-refractivity contribution in [3.63, 3.8) is 0 Å². The molecule has 2 rings (SSSR count). The minimum absolute atomic E-state index is 0.274. The monoisotopic (exact) mass is 383 g/mol. The summed E-state index contributed by atoms with van der Waals surface area (Å²) in [6.07, 6.45) is 0. The van der Waals surface area contributed by atoms with Crippen molar-refractivity contribution in [1.82, 2.24) is 0 Å². The van der Waals surface area contributed by atoms with Gasteiger partial charge >= 0.3 is 0 Å². The van der Waals surface area contributed by atoms with Gasteiger partial charge in [0, 0.05) is 0 Å². The Hall–Kier alpha value is -1.38. The molecular weight excluding hydrogens is 377 g/mol. The Bertz CT molecular complexity index is 612. The van der Waals surface area contributed by atoms with Crippen LogP contribution in [-0.2, 0) is 6.61 Å². The van der Waals surface area contributed by atoms with Gasteiger partial charge in [-0.1, -0.05) is 12.1 Å². The van der Waals surface area contributed by atoms with Gasteiger partial charge in [-0.2, -0.15) is 5.26 Å². The molecule has 0 aliphatic heterocycles. The summed E-state index contributed by atoms with van der Waals surface area (Å²) in [6, 6.07) is 11.5. The Balaban J connectivity index is 2.16. The Morgan fingerprint density at radius 2 is 1.68 bits per heavy atom. The highest BCUT2D eigenvalue weighted by Gasteiger charge is 2.09. The first kappa shape index (κ1) is 14.0. The quantitative estimate of drug-likeness (QED) is 0.761. The van der Waals surface area contributed by atoms with E-state index in [1.165, 1.54) is 12.1 Å². The molecule has 0 bridgehead atoms. The van der Waals surface area contributed by atoms with Crippen LogP contribution < -0.4 is 4.74 Å². The van der Waals surface area contributed by atoms with E-state index in [0.29, 0.717) is 26.9 Å². The normalized spacial score (nSPS) is 10.0. The second-order valence-electron chi connectivity index (χ2n) is 3.80. The molecule has 19 heavy (non-hydrogen) atoms. The van der Waals surface area contributed by atoms with Gasteiger partial charge in [0.15, 0.2) is 0 Å². The lowest BCUT2D eigenvalue weighted by Gasteiger charge is -2.10. The van der Waals surface area contributed by atoms with Crippen molar-refractivity contribution in [3.05, 3.63) is 62.3 Å². The highest BCUT2D eigenvalue weighted by atomic mass is 79.9. The zero-order chi connectivity index (χ0) is 13.8. The predicted molar refractivity (Wildman–Crippen MR) is 77.3 cm³/mol. The van der Waals surface area contributed by atoms with E-state index < -0.39 is 0 Å². The lowest BCUT2D eigenvalue weighted by atomic mass is 10.2. The molecule has 0 heterocycles. The third kappa shape index (κ3) is 3.55. The van der Waals surface area contributed by atoms with Crippen molar-refractivity contribution < 1.29 is 9.13 Å². The average Bonchev–Trinajstić information content (AvgIpc) is 2.39. The van der Waals surface area contributed by atoms with Crippen LogP contribution in [0.15, 0.2) is 45.3 Å². The van der Waals surface area contributed by atoms with Crippen molar-refractivity contribution >= 4 is 31.9 Å². The number of nitrogens with zero attached hydrogens (tertiary/aromatic N) is 1. The molecule has 0 N–H and O–H groups in total. The van der Waals surface area contributed by atoms with E-state index >= 15 is 0 Å². The van der Waals surface area contributed by atoms with Gasteiger partial charge in [-0.3, -0.25) is 0 Å². The molecule has 2 aromatic rings. The SMILES string of the molecule is N#Cc1cc(Br)c(OCc2ccc(F)cc2)c(Br)c1. The molecule has 0 radical (unpaired) electrons. The molecule has 0 fully saturated rings. The second-order valence-corrected chi connectivity index (χ2v) is 5.50. The summed E-state index contributed by atoms with van der Waals surface area (Å²) >= 11 is 6.72. The van der Waals surface area contributed by atoms with Crippen molar-refractivity contribution in [2.24, 2.45) is 0 Å². The summed E-state index contributed by atoms with van der Waals surface area (Å²) in [5, 5.41) is 8.84. The fraction of sp³-hybridized carbons (Fsp3) is 0.0714. The number of ether oxygens (including phenoxy) is 1. The van der Waals surface area contributed by atoms with Crippen LogP contribution in [0.4, 0.5) is 4.39 Å². The Kier molecular flexibility index (Phi) is 4.56. The largest absolute Gasteiger partial charge is 0.487 e. The molecule has 0 saturated carbocycles. The van der Waals surface area contributed by atoms with Crippen LogP contribution in [0.1, 0.15) is 11.1 Å². The van der Waals surface area contributed by atoms with Gasteiger partial charge < -0.3 is 4.74 Å². The fourth-order valence-electron chi connectivity index (χ4n) is 1.50. The third-order valence-corrected chi connectivity index (χ3v) is 3.60. The van der Waals surface area contributed by atoms with Crippen LogP contribution in [0, 0.1) is 17.1 Å². The number of rotatable bonds is 3. The molecule has 0 saturated heterocycles. The molecule has 0 spiro atoms. The lowest BCUT2D eigenvalue weighted by Crippen LogP contribution is -1.97. The van der Waals surface area contributed by atoms with Crippen LogP contribution in [0.2, 0.25) is 0 Å². The van der Waals surface area contributed by atoms with Gasteiger partial charge in [0.25, 0.3) is 0 Å². The first-order valence-electron chi connectivity index (χ1n) is 5.36. The minimum atomic E-state index is -0.274. The average molecular weight is 385 g/mol. The topological polar surface area (TPSA) is 33.0 Å². The summed E-state index contributed by atoms with van der Waals surface area (Å²) in [5.41, 5.74) is 1.40. The number of nitriles is 1. The molecule has 0 aliphatic carbocycles. The maximum Gasteiger partial charge on any atom is 0.148 e. The molecule has 2 nitrogen and oxygen atoms in total. The van der Waals surface area contributed by atoms with Crippen molar-refractivity contribution in [2.75, 3.05) is 0 Å². The van der Waals surface area contributed by atoms with E-state index in [1.807, 2.05) is 0 Å². The summed E-state index contributed by atoms with van der Waals surface area (Å²) in [4.78, 5) is 0. The van der Waals surface area contributed by atoms with Gasteiger partial charge in [-0.25, -0.2) is 4.39 Å². The number of hydrogen-bond donors (Lipinski definition) is 0. The van der Waals surface area contributed by atoms with Gasteiger partial charge in [-0.15, -0.1) is 0 Å². The zero-order valence-electron chi connectivity index (χ0n) is 9.66. The van der Waals surface area contributed by atoms with Gasteiger partial charge in [-0.05, 0) is 61.7 Å². The third-order valence-electron chi connectivity index (χ3n) is 2.42. The van der Waals surface area contributed by atoms with Crippen LogP contribution in [-0.4, -0.2) is 0 Å². The molecule has 0 amide bonds. The van der Waals surface area contributed by atoms with Crippen molar-refractivity contribution in [2.45, 2.75) is 6.61 Å². The van der Waals surface area contributed by atoms with Gasteiger partial charge in [0.2, 0.25) is 0 Å². The Labute approximate surface area is 127 Å². The van der Waals surface area contributed by atoms with E-state index in [4.69, 9.17) is 10.00 Å². The summed E-state index contributed by atoms with van der Waals surface area (Å²) in [5.74, 6) is 0.341. The van der Waals surface area contributed by atoms with Crippen LogP contribution in [0.25, 0.3) is 0 Å². The van der Waals surface area contributed by atoms with Crippen molar-refractivity contribution in [1.29, 1.82) is 5.26 Å². The highest BCUT2D eigenvalue weighted by molar-refractivity contribution is 9.11. The number of hydrogen-bond acceptors (Lipinski definition) is 2. The first-order valence-corrected chi connectivity index (χ1v) is 6.95. The Morgan fingerprint density at radius 1 is 1.11 bits per heavy atom. The Morgan fingerprint density at radius 3 is 2.21 bits per heavy atom. The summed E-state index contributed by atoms with van der Waals surface area (Å²) in [7, 11) is 0. The van der Waals surface area contributed by atoms with Crippen LogP contribution in [0.3, 0.4) is 0 Å². The standard InChI is InChI=1S/C14H8Br2FNO/c15-12-5-10(7-18)6-13(16)14(12)19-8-9-1-3-11(17)4-2-9/h1-6H,8H2. The highest BCUT2D eigenvalue weighted by Crippen LogP contribution is 2.35. The summed E-state index contributed by atoms with van der Waals surface area (Å²) < 4.78 is 19.8. The lowest BCUT2D eigenvalue weighted by molar-refractivity contribution is 0.302. The maximum atomic E-state index is 12.8. The zero-order valence-corrected chi connectivity index (χ0v) is 12.8. The minimum Gasteiger partial charge on any atom is -0.487 e. The molecule has 5 heteroatoms. The molecule has 0 atom stereocenters. The van der Waals surface area contributed by atoms with Gasteiger partial charge in [0.05, 0.1) is 20.6 Å². The first-order chi connectivity index (χ1) is 9.10. The molecule has 0 aliphatic rings. The smallest absolute Gasteiger partial charge is 0.148 e. The van der Waals surface area contributed by atoms with Crippen LogP contribution >= 0.6 is 31.9 Å². The molecule has 96 valence electrons. The molecule has 0 unspecified atom stereocenters. The maximum absolute atomic E-state index is 12.8. The van der Waals surface area contributed by atoms with E-state index in [1.54, 1.807) is 24.3 Å². The van der Waals surface area contributed by atoms with Gasteiger partial charge in [0.1, 0.15) is 18.2 Å². The molecule has 0 aromatic heterocycles. The van der Waals surface area contributed by atoms with E-state index in [2.05, 4.69) is 37.9 Å².